The summed E-state index contributed by atoms with van der Waals surface area (Å²) in [6, 6.07) is 1.49. The van der Waals surface area contributed by atoms with Crippen LogP contribution >= 0.6 is 0 Å². The highest BCUT2D eigenvalue weighted by Gasteiger charge is 2.13. The number of carbonyl (C=O) groups excluding carboxylic acids is 1. The molecule has 0 spiro atoms. The monoisotopic (exact) mass is 235 g/mol. The second-order valence-electron chi connectivity index (χ2n) is 3.33. The summed E-state index contributed by atoms with van der Waals surface area (Å²) in [5.41, 5.74) is -0.999. The molecule has 7 heteroatoms. The van der Waals surface area contributed by atoms with Gasteiger partial charge in [0.2, 0.25) is 0 Å². The molecule has 0 aliphatic carbocycles. The molecule has 0 saturated carbocycles. The predicted octanol–water partition coefficient (Wildman–Crippen LogP) is 0.217. The molecule has 0 atom stereocenters. The van der Waals surface area contributed by atoms with E-state index < -0.39 is 17.2 Å². The first-order chi connectivity index (χ1) is 8.08. The molecule has 0 saturated heterocycles. The summed E-state index contributed by atoms with van der Waals surface area (Å²) in [6.45, 7) is 1.63. The van der Waals surface area contributed by atoms with Gasteiger partial charge in [-0.3, -0.25) is 14.6 Å². The van der Waals surface area contributed by atoms with E-state index in [2.05, 4.69) is 10.3 Å². The highest BCUT2D eigenvalue weighted by atomic mass is 16.3. The average Bonchev–Trinajstić information content (AvgIpc) is 2.68. The smallest absolute Gasteiger partial charge is 0.325 e. The van der Waals surface area contributed by atoms with E-state index in [1.165, 1.54) is 12.3 Å². The van der Waals surface area contributed by atoms with Crippen LogP contribution in [-0.4, -0.2) is 15.9 Å². The third-order valence-electron chi connectivity index (χ3n) is 2.17. The molecule has 0 bridgehead atoms. The van der Waals surface area contributed by atoms with Crippen molar-refractivity contribution in [1.82, 2.24) is 9.97 Å². The fourth-order valence-electron chi connectivity index (χ4n) is 1.31. The second-order valence-corrected chi connectivity index (χ2v) is 3.33. The Morgan fingerprint density at radius 3 is 2.76 bits per heavy atom. The van der Waals surface area contributed by atoms with Crippen LogP contribution < -0.4 is 16.6 Å². The Bertz CT molecular complexity index is 664. The van der Waals surface area contributed by atoms with E-state index in [-0.39, 0.29) is 5.69 Å². The first kappa shape index (κ1) is 10.9. The zero-order valence-corrected chi connectivity index (χ0v) is 8.87. The minimum Gasteiger partial charge on any atom is -0.469 e. The van der Waals surface area contributed by atoms with Crippen LogP contribution in [0.4, 0.5) is 5.69 Å². The van der Waals surface area contributed by atoms with Gasteiger partial charge in [0.05, 0.1) is 11.8 Å². The topological polar surface area (TPSA) is 108 Å². The first-order valence-electron chi connectivity index (χ1n) is 4.75. The summed E-state index contributed by atoms with van der Waals surface area (Å²) in [7, 11) is 0. The third-order valence-corrected chi connectivity index (χ3v) is 2.17. The lowest BCUT2D eigenvalue weighted by Crippen LogP contribution is -2.26. The number of aromatic amines is 2. The van der Waals surface area contributed by atoms with Crippen molar-refractivity contribution in [3.8, 4) is 0 Å². The SMILES string of the molecule is Cc1occc1C(=O)Nc1c[nH]c(=O)[nH]c1=O. The van der Waals surface area contributed by atoms with Crippen LogP contribution in [0.15, 0.2) is 32.5 Å². The van der Waals surface area contributed by atoms with Gasteiger partial charge in [-0.2, -0.15) is 0 Å². The maximum absolute atomic E-state index is 11.7. The lowest BCUT2D eigenvalue weighted by Gasteiger charge is -2.01. The molecule has 2 heterocycles. The van der Waals surface area contributed by atoms with E-state index >= 15 is 0 Å². The molecule has 2 rings (SSSR count). The Morgan fingerprint density at radius 2 is 2.18 bits per heavy atom. The maximum Gasteiger partial charge on any atom is 0.325 e. The molecular weight excluding hydrogens is 226 g/mol. The van der Waals surface area contributed by atoms with Gasteiger partial charge in [0.25, 0.3) is 11.5 Å². The minimum absolute atomic E-state index is 0.0322. The van der Waals surface area contributed by atoms with Crippen LogP contribution in [0.3, 0.4) is 0 Å². The van der Waals surface area contributed by atoms with Gasteiger partial charge in [0.1, 0.15) is 11.4 Å². The first-order valence-corrected chi connectivity index (χ1v) is 4.75. The van der Waals surface area contributed by atoms with Crippen molar-refractivity contribution in [1.29, 1.82) is 0 Å². The zero-order valence-electron chi connectivity index (χ0n) is 8.87. The number of anilines is 1. The summed E-state index contributed by atoms with van der Waals surface area (Å²) >= 11 is 0. The number of amides is 1. The van der Waals surface area contributed by atoms with E-state index in [4.69, 9.17) is 4.42 Å². The number of aromatic nitrogens is 2. The molecule has 0 aromatic carbocycles. The van der Waals surface area contributed by atoms with E-state index in [1.807, 2.05) is 4.98 Å². The van der Waals surface area contributed by atoms with Crippen LogP contribution in [0.2, 0.25) is 0 Å². The van der Waals surface area contributed by atoms with Gasteiger partial charge in [0, 0.05) is 6.20 Å². The quantitative estimate of drug-likeness (QED) is 0.691. The van der Waals surface area contributed by atoms with Gasteiger partial charge in [-0.05, 0) is 13.0 Å². The predicted molar refractivity (Wildman–Crippen MR) is 59.1 cm³/mol. The number of carbonyl (C=O) groups is 1. The van der Waals surface area contributed by atoms with E-state index in [9.17, 15) is 14.4 Å². The van der Waals surface area contributed by atoms with Gasteiger partial charge >= 0.3 is 5.69 Å². The molecule has 3 N–H and O–H groups in total. The van der Waals surface area contributed by atoms with Crippen molar-refractivity contribution in [2.75, 3.05) is 5.32 Å². The van der Waals surface area contributed by atoms with Crippen LogP contribution in [0.5, 0.6) is 0 Å². The molecule has 0 aliphatic heterocycles. The molecule has 0 fully saturated rings. The number of hydrogen-bond donors (Lipinski definition) is 3. The molecule has 0 unspecified atom stereocenters. The van der Waals surface area contributed by atoms with E-state index in [0.717, 1.165) is 6.20 Å². The van der Waals surface area contributed by atoms with Gasteiger partial charge in [-0.25, -0.2) is 4.79 Å². The summed E-state index contributed by atoms with van der Waals surface area (Å²) in [5.74, 6) is -0.0304. The van der Waals surface area contributed by atoms with Crippen LogP contribution in [0.1, 0.15) is 16.1 Å². The van der Waals surface area contributed by atoms with E-state index in [1.54, 1.807) is 6.92 Å². The van der Waals surface area contributed by atoms with Crippen molar-refractivity contribution < 1.29 is 9.21 Å². The molecular formula is C10H9N3O4. The highest BCUT2D eigenvalue weighted by molar-refractivity contribution is 6.04. The molecule has 0 aliphatic rings. The molecule has 2 aromatic heterocycles. The number of nitrogens with one attached hydrogen (secondary N) is 3. The normalized spacial score (nSPS) is 10.2. The van der Waals surface area contributed by atoms with Crippen LogP contribution in [-0.2, 0) is 0 Å². The number of rotatable bonds is 2. The van der Waals surface area contributed by atoms with Crippen LogP contribution in [0, 0.1) is 6.92 Å². The fraction of sp³-hybridized carbons (Fsp3) is 0.100. The Kier molecular flexibility index (Phi) is 2.65. The molecule has 17 heavy (non-hydrogen) atoms. The zero-order chi connectivity index (χ0) is 12.4. The van der Waals surface area contributed by atoms with Crippen LogP contribution in [0.25, 0.3) is 0 Å². The number of furan rings is 1. The van der Waals surface area contributed by atoms with Crippen molar-refractivity contribution in [3.05, 3.63) is 50.7 Å². The molecule has 2 aromatic rings. The summed E-state index contributed by atoms with van der Waals surface area (Å²) < 4.78 is 4.97. The summed E-state index contributed by atoms with van der Waals surface area (Å²) in [6.07, 6.45) is 2.51. The number of aryl methyl sites for hydroxylation is 1. The van der Waals surface area contributed by atoms with Crippen molar-refractivity contribution in [3.63, 3.8) is 0 Å². The average molecular weight is 235 g/mol. The van der Waals surface area contributed by atoms with Gasteiger partial charge in [-0.1, -0.05) is 0 Å². The Labute approximate surface area is 94.5 Å². The van der Waals surface area contributed by atoms with Gasteiger partial charge < -0.3 is 14.7 Å². The molecule has 1 amide bonds. The highest BCUT2D eigenvalue weighted by Crippen LogP contribution is 2.10. The fourth-order valence-corrected chi connectivity index (χ4v) is 1.31. The minimum atomic E-state index is -0.664. The maximum atomic E-state index is 11.7. The second kappa shape index (κ2) is 4.12. The summed E-state index contributed by atoms with van der Waals surface area (Å²) in [5, 5.41) is 2.37. The van der Waals surface area contributed by atoms with E-state index in [0.29, 0.717) is 11.3 Å². The van der Waals surface area contributed by atoms with Crippen molar-refractivity contribution >= 4 is 11.6 Å². The van der Waals surface area contributed by atoms with Gasteiger partial charge in [0.15, 0.2) is 0 Å². The number of H-pyrrole nitrogens is 2. The van der Waals surface area contributed by atoms with Crippen molar-refractivity contribution in [2.24, 2.45) is 0 Å². The largest absolute Gasteiger partial charge is 0.469 e. The summed E-state index contributed by atoms with van der Waals surface area (Å²) in [4.78, 5) is 38.1. The standard InChI is InChI=1S/C10H9N3O4/c1-5-6(2-3-17-5)8(14)12-7-4-11-10(16)13-9(7)15/h2-4H,1H3,(H,12,14)(H2,11,13,15,16). The molecule has 0 radical (unpaired) electrons. The Balaban J connectivity index is 2.28. The third kappa shape index (κ3) is 2.17. The Morgan fingerprint density at radius 1 is 1.41 bits per heavy atom. The number of hydrogen-bond acceptors (Lipinski definition) is 4. The van der Waals surface area contributed by atoms with Gasteiger partial charge in [-0.15, -0.1) is 0 Å². The lowest BCUT2D eigenvalue weighted by atomic mass is 10.2. The molecule has 88 valence electrons. The lowest BCUT2D eigenvalue weighted by molar-refractivity contribution is 0.102. The molecule has 7 nitrogen and oxygen atoms in total. The Hall–Kier alpha value is -2.57. The van der Waals surface area contributed by atoms with Crippen molar-refractivity contribution in [2.45, 2.75) is 6.92 Å².